The van der Waals surface area contributed by atoms with E-state index in [1.165, 1.54) is 0 Å². The fourth-order valence-electron chi connectivity index (χ4n) is 0. The van der Waals surface area contributed by atoms with Gasteiger partial charge < -0.3 is 15.1 Å². The quantitative estimate of drug-likeness (QED) is 0.402. The molecule has 0 saturated carbocycles. The molecule has 0 fully saturated rings. The summed E-state index contributed by atoms with van der Waals surface area (Å²) in [5.41, 5.74) is 0. The zero-order valence-corrected chi connectivity index (χ0v) is 4.38. The Labute approximate surface area is 34.9 Å². The first-order valence-electron chi connectivity index (χ1n) is 1.59. The summed E-state index contributed by atoms with van der Waals surface area (Å²) in [6.07, 6.45) is 1.81. The molecule has 0 bridgehead atoms. The largest absolute Gasteiger partial charge is 0.431 e. The monoisotopic (exact) mass is 90.0 g/mol. The van der Waals surface area contributed by atoms with Crippen molar-refractivity contribution >= 4 is 10.5 Å². The van der Waals surface area contributed by atoms with Crippen LogP contribution in [0.1, 0.15) is 6.92 Å². The third kappa shape index (κ3) is 4.06. The van der Waals surface area contributed by atoms with Gasteiger partial charge in [-0.25, -0.2) is 0 Å². The van der Waals surface area contributed by atoms with Crippen LogP contribution in [-0.4, -0.2) is 12.0 Å². The van der Waals surface area contributed by atoms with E-state index in [9.17, 15) is 0 Å². The van der Waals surface area contributed by atoms with Crippen LogP contribution in [0.2, 0.25) is 0 Å². The van der Waals surface area contributed by atoms with E-state index in [0.29, 0.717) is 0 Å². The van der Waals surface area contributed by atoms with Crippen molar-refractivity contribution in [3.05, 3.63) is 0 Å². The van der Waals surface area contributed by atoms with E-state index in [1.54, 1.807) is 6.26 Å². The molecule has 2 heteroatoms. The van der Waals surface area contributed by atoms with Crippen molar-refractivity contribution < 1.29 is 0 Å². The first-order chi connectivity index (χ1) is 2.27. The molecule has 1 nitrogen and oxygen atoms in total. The highest BCUT2D eigenvalue weighted by atomic mass is 32.2. The van der Waals surface area contributed by atoms with Crippen LogP contribution in [0, 0.1) is 4.61 Å². The van der Waals surface area contributed by atoms with Gasteiger partial charge in [0.05, 0.1) is 0 Å². The third-order valence-corrected chi connectivity index (χ3v) is 1.25. The van der Waals surface area contributed by atoms with Crippen LogP contribution in [-0.2, 0) is 10.5 Å². The maximum Gasteiger partial charge on any atom is -0.0825 e. The summed E-state index contributed by atoms with van der Waals surface area (Å²) in [5.74, 6) is 0.889. The second kappa shape index (κ2) is 2.31. The number of nitrogens with zero attached hydrogens (tertiary/aromatic N) is 1. The van der Waals surface area contributed by atoms with Gasteiger partial charge >= 0.3 is 0 Å². The van der Waals surface area contributed by atoms with Crippen molar-refractivity contribution in [3.63, 3.8) is 0 Å². The van der Waals surface area contributed by atoms with Crippen LogP contribution in [0.15, 0.2) is 0 Å². The van der Waals surface area contributed by atoms with Crippen LogP contribution in [0.3, 0.4) is 0 Å². The Morgan fingerprint density at radius 3 is 2.00 bits per heavy atom. The number of hydrogen-bond donors (Lipinski definition) is 0. The molecule has 0 aliphatic heterocycles. The lowest BCUT2D eigenvalue weighted by molar-refractivity contribution is 1.49. The molecule has 32 valence electrons. The molecule has 0 unspecified atom stereocenters. The smallest absolute Gasteiger partial charge is 0.0825 e. The summed E-state index contributed by atoms with van der Waals surface area (Å²) >= 11 is 0. The fraction of sp³-hybridized carbons (Fsp3) is 1.00. The SMILES string of the molecule is CC[S-](C)#N. The molecule has 0 rings (SSSR count). The average molecular weight is 90.2 g/mol. The Kier molecular flexibility index (Phi) is 2.33. The Morgan fingerprint density at radius 2 is 2.00 bits per heavy atom. The minimum atomic E-state index is -0.323. The van der Waals surface area contributed by atoms with Crippen LogP contribution >= 0.6 is 0 Å². The molecule has 0 N–H and O–H groups in total. The van der Waals surface area contributed by atoms with Crippen LogP contribution in [0.25, 0.3) is 0 Å². The lowest BCUT2D eigenvalue weighted by Gasteiger charge is -1.91. The Hall–Kier alpha value is 0.0600. The molecule has 0 aromatic heterocycles. The Bertz CT molecular complexity index is 68.7. The van der Waals surface area contributed by atoms with E-state index in [1.807, 2.05) is 6.92 Å². The maximum absolute atomic E-state index is 8.39. The van der Waals surface area contributed by atoms with Crippen molar-refractivity contribution in [1.82, 2.24) is 0 Å². The van der Waals surface area contributed by atoms with Gasteiger partial charge in [-0.2, -0.15) is 0 Å². The predicted molar refractivity (Wildman–Crippen MR) is 25.6 cm³/mol. The average Bonchev–Trinajstić information content (AvgIpc) is 1.38. The van der Waals surface area contributed by atoms with Gasteiger partial charge in [-0.1, -0.05) is 6.92 Å². The zero-order valence-electron chi connectivity index (χ0n) is 3.56. The number of hydrogen-bond acceptors (Lipinski definition) is 2. The molecular weight excluding hydrogens is 82.1 g/mol. The maximum atomic E-state index is 8.39. The molecule has 0 radical (unpaired) electrons. The predicted octanol–water partition coefficient (Wildman–Crippen LogP) is 0.734. The molecule has 0 amide bonds. The van der Waals surface area contributed by atoms with Crippen LogP contribution in [0.4, 0.5) is 0 Å². The highest BCUT2D eigenvalue weighted by Gasteiger charge is 1.50. The van der Waals surface area contributed by atoms with Crippen molar-refractivity contribution in [3.8, 4) is 0 Å². The summed E-state index contributed by atoms with van der Waals surface area (Å²) in [4.78, 5) is 0. The van der Waals surface area contributed by atoms with Crippen molar-refractivity contribution in [2.75, 3.05) is 12.0 Å². The van der Waals surface area contributed by atoms with Crippen LogP contribution in [0.5, 0.6) is 0 Å². The summed E-state index contributed by atoms with van der Waals surface area (Å²) in [7, 11) is -0.323. The molecule has 0 aliphatic carbocycles. The minimum absolute atomic E-state index is 0.323. The minimum Gasteiger partial charge on any atom is -0.431 e. The van der Waals surface area contributed by atoms with E-state index in [2.05, 4.69) is 0 Å². The first kappa shape index (κ1) is 5.06. The van der Waals surface area contributed by atoms with Crippen molar-refractivity contribution in [2.24, 2.45) is 0 Å². The highest BCUT2D eigenvalue weighted by Crippen LogP contribution is 1.62. The Morgan fingerprint density at radius 1 is 1.80 bits per heavy atom. The van der Waals surface area contributed by atoms with E-state index in [-0.39, 0.29) is 10.5 Å². The van der Waals surface area contributed by atoms with Gasteiger partial charge in [0, 0.05) is 0 Å². The molecule has 0 aromatic carbocycles. The molecule has 0 aromatic rings. The van der Waals surface area contributed by atoms with Gasteiger partial charge in [-0.3, -0.25) is 0 Å². The van der Waals surface area contributed by atoms with Gasteiger partial charge in [-0.05, 0) is 0 Å². The van der Waals surface area contributed by atoms with Gasteiger partial charge in [-0.15, -0.1) is 12.0 Å². The molecule has 0 spiro atoms. The van der Waals surface area contributed by atoms with Gasteiger partial charge in [0.15, 0.2) is 0 Å². The molecule has 0 aliphatic rings. The Balaban J connectivity index is 2.97. The fourth-order valence-corrected chi connectivity index (χ4v) is 0. The molecular formula is C3H8NS-. The van der Waals surface area contributed by atoms with E-state index >= 15 is 0 Å². The molecule has 0 atom stereocenters. The van der Waals surface area contributed by atoms with Crippen molar-refractivity contribution in [2.45, 2.75) is 6.92 Å². The molecule has 0 saturated heterocycles. The zero-order chi connectivity index (χ0) is 4.28. The van der Waals surface area contributed by atoms with E-state index < -0.39 is 0 Å². The second-order valence-electron chi connectivity index (χ2n) is 0.889. The summed E-state index contributed by atoms with van der Waals surface area (Å²) in [6, 6.07) is 0. The molecule has 0 heterocycles. The standard InChI is InChI=1S/C3H8NS/c1-3-5(2)4/h3H2,1-2H3/q-1. The highest BCUT2D eigenvalue weighted by molar-refractivity contribution is 7.82. The number of rotatable bonds is 0. The van der Waals surface area contributed by atoms with E-state index in [4.69, 9.17) is 4.61 Å². The summed E-state index contributed by atoms with van der Waals surface area (Å²) < 4.78 is 8.39. The van der Waals surface area contributed by atoms with Crippen molar-refractivity contribution in [1.29, 1.82) is 4.61 Å². The third-order valence-electron chi connectivity index (χ3n) is 0.418. The molecule has 5 heavy (non-hydrogen) atoms. The van der Waals surface area contributed by atoms with Gasteiger partial charge in [0.2, 0.25) is 0 Å². The lowest BCUT2D eigenvalue weighted by Crippen LogP contribution is -1.77. The van der Waals surface area contributed by atoms with Gasteiger partial charge in [0.25, 0.3) is 0 Å². The normalized spacial score (nSPS) is 9.20. The van der Waals surface area contributed by atoms with Gasteiger partial charge in [0.1, 0.15) is 0 Å². The van der Waals surface area contributed by atoms with E-state index in [0.717, 1.165) is 5.75 Å². The first-order valence-corrected chi connectivity index (χ1v) is 3.35. The lowest BCUT2D eigenvalue weighted by atomic mass is 11.0. The topological polar surface area (TPSA) is 23.8 Å². The summed E-state index contributed by atoms with van der Waals surface area (Å²) in [6.45, 7) is 1.96. The second-order valence-corrected chi connectivity index (χ2v) is 2.67. The summed E-state index contributed by atoms with van der Waals surface area (Å²) in [5, 5.41) is 0. The van der Waals surface area contributed by atoms with Crippen LogP contribution < -0.4 is 0 Å².